The highest BCUT2D eigenvalue weighted by molar-refractivity contribution is 7.92. The molecule has 6 heteroatoms. The van der Waals surface area contributed by atoms with E-state index in [0.717, 1.165) is 6.26 Å². The van der Waals surface area contributed by atoms with Crippen LogP contribution in [0.4, 0.5) is 0 Å². The first-order valence-corrected chi connectivity index (χ1v) is 5.31. The van der Waals surface area contributed by atoms with Gasteiger partial charge in [0.15, 0.2) is 14.7 Å². The molecule has 72 valence electrons. The number of nitrogens with two attached hydrogens (primary N) is 2. The predicted octanol–water partition coefficient (Wildman–Crippen LogP) is -1.17. The van der Waals surface area contributed by atoms with Gasteiger partial charge in [-0.25, -0.2) is 8.42 Å². The van der Waals surface area contributed by atoms with Gasteiger partial charge in [-0.15, -0.1) is 0 Å². The second-order valence-electron chi connectivity index (χ2n) is 3.08. The van der Waals surface area contributed by atoms with E-state index in [2.05, 4.69) is 0 Å². The van der Waals surface area contributed by atoms with Gasteiger partial charge >= 0.3 is 0 Å². The number of hydrogen-bond donors (Lipinski definition) is 2. The first kappa shape index (κ1) is 11.4. The summed E-state index contributed by atoms with van der Waals surface area (Å²) in [4.78, 5) is 8.88. The predicted molar refractivity (Wildman–Crippen MR) is 45.8 cm³/mol. The van der Waals surface area contributed by atoms with Crippen molar-refractivity contribution in [2.24, 2.45) is 17.4 Å². The molecule has 0 aromatic heterocycles. The van der Waals surface area contributed by atoms with E-state index in [0.29, 0.717) is 0 Å². The first-order chi connectivity index (χ1) is 5.14. The molecule has 1 amide bonds. The minimum atomic E-state index is -3.66. The SMILES string of the molecule is CC(C)C(N)(C(N)=O)S(C)(=O)=O. The van der Waals surface area contributed by atoms with E-state index in [-0.39, 0.29) is 0 Å². The van der Waals surface area contributed by atoms with Crippen LogP contribution in [0.15, 0.2) is 0 Å². The zero-order chi connectivity index (χ0) is 10.2. The summed E-state index contributed by atoms with van der Waals surface area (Å²) in [6, 6.07) is 0. The molecule has 0 saturated carbocycles. The maximum absolute atomic E-state index is 11.1. The van der Waals surface area contributed by atoms with E-state index >= 15 is 0 Å². The van der Waals surface area contributed by atoms with Crippen molar-refractivity contribution >= 4 is 15.7 Å². The Morgan fingerprint density at radius 2 is 1.75 bits per heavy atom. The van der Waals surface area contributed by atoms with Crippen LogP contribution in [-0.4, -0.2) is 25.5 Å². The number of hydrogen-bond acceptors (Lipinski definition) is 4. The third-order valence-electron chi connectivity index (χ3n) is 1.86. The third-order valence-corrected chi connectivity index (χ3v) is 3.76. The number of sulfone groups is 1. The number of amides is 1. The van der Waals surface area contributed by atoms with Crippen LogP contribution in [0.3, 0.4) is 0 Å². The molecule has 0 spiro atoms. The van der Waals surface area contributed by atoms with Crippen LogP contribution in [0, 0.1) is 5.92 Å². The van der Waals surface area contributed by atoms with Crippen molar-refractivity contribution in [3.63, 3.8) is 0 Å². The van der Waals surface area contributed by atoms with Crippen LogP contribution in [0.2, 0.25) is 0 Å². The Labute approximate surface area is 72.0 Å². The van der Waals surface area contributed by atoms with Gasteiger partial charge in [0.2, 0.25) is 0 Å². The fourth-order valence-corrected chi connectivity index (χ4v) is 2.12. The molecule has 0 aromatic rings. The number of carbonyl (C=O) groups excluding carboxylic acids is 1. The van der Waals surface area contributed by atoms with Crippen molar-refractivity contribution in [1.29, 1.82) is 0 Å². The summed E-state index contributed by atoms with van der Waals surface area (Å²) in [5.41, 5.74) is 10.3. The van der Waals surface area contributed by atoms with Crippen molar-refractivity contribution in [3.8, 4) is 0 Å². The molecule has 0 saturated heterocycles. The summed E-state index contributed by atoms with van der Waals surface area (Å²) in [7, 11) is -3.66. The van der Waals surface area contributed by atoms with E-state index in [1.165, 1.54) is 13.8 Å². The summed E-state index contributed by atoms with van der Waals surface area (Å²) in [6.07, 6.45) is 0.901. The van der Waals surface area contributed by atoms with Crippen LogP contribution >= 0.6 is 0 Å². The lowest BCUT2D eigenvalue weighted by molar-refractivity contribution is -0.121. The molecule has 0 rings (SSSR count). The lowest BCUT2D eigenvalue weighted by Gasteiger charge is -2.27. The van der Waals surface area contributed by atoms with Gasteiger partial charge in [-0.2, -0.15) is 0 Å². The molecule has 1 atom stereocenters. The van der Waals surface area contributed by atoms with Gasteiger partial charge in [-0.3, -0.25) is 4.79 Å². The number of carbonyl (C=O) groups is 1. The maximum atomic E-state index is 11.1. The van der Waals surface area contributed by atoms with Gasteiger partial charge in [0, 0.05) is 6.26 Å². The summed E-state index contributed by atoms with van der Waals surface area (Å²) in [6.45, 7) is 3.07. The highest BCUT2D eigenvalue weighted by Gasteiger charge is 2.45. The average Bonchev–Trinajstić information content (AvgIpc) is 1.82. The van der Waals surface area contributed by atoms with Crippen molar-refractivity contribution in [3.05, 3.63) is 0 Å². The molecule has 0 aliphatic carbocycles. The van der Waals surface area contributed by atoms with E-state index in [1.54, 1.807) is 0 Å². The Bertz CT molecular complexity index is 283. The lowest BCUT2D eigenvalue weighted by Crippen LogP contribution is -2.61. The molecule has 0 fully saturated rings. The Hall–Kier alpha value is -0.620. The molecule has 4 N–H and O–H groups in total. The van der Waals surface area contributed by atoms with Crippen LogP contribution in [0.1, 0.15) is 13.8 Å². The largest absolute Gasteiger partial charge is 0.367 e. The summed E-state index contributed by atoms with van der Waals surface area (Å²) < 4.78 is 22.2. The van der Waals surface area contributed by atoms with Gasteiger partial charge in [0.25, 0.3) is 5.91 Å². The summed E-state index contributed by atoms with van der Waals surface area (Å²) in [5.74, 6) is -1.55. The van der Waals surface area contributed by atoms with Crippen molar-refractivity contribution < 1.29 is 13.2 Å². The Balaban J connectivity index is 5.33. The second kappa shape index (κ2) is 3.02. The zero-order valence-electron chi connectivity index (χ0n) is 7.37. The van der Waals surface area contributed by atoms with Crippen LogP contribution in [0.25, 0.3) is 0 Å². The van der Waals surface area contributed by atoms with Gasteiger partial charge in [0.1, 0.15) is 0 Å². The van der Waals surface area contributed by atoms with Crippen LogP contribution in [-0.2, 0) is 14.6 Å². The highest BCUT2D eigenvalue weighted by Crippen LogP contribution is 2.19. The zero-order valence-corrected chi connectivity index (χ0v) is 8.18. The normalized spacial score (nSPS) is 17.4. The van der Waals surface area contributed by atoms with Crippen molar-refractivity contribution in [1.82, 2.24) is 0 Å². The Kier molecular flexibility index (Phi) is 2.87. The fraction of sp³-hybridized carbons (Fsp3) is 0.833. The molecule has 0 radical (unpaired) electrons. The Morgan fingerprint density at radius 3 is 1.75 bits per heavy atom. The van der Waals surface area contributed by atoms with Gasteiger partial charge < -0.3 is 11.5 Å². The summed E-state index contributed by atoms with van der Waals surface area (Å²) in [5, 5.41) is 0. The van der Waals surface area contributed by atoms with Gasteiger partial charge in [-0.05, 0) is 5.92 Å². The highest BCUT2D eigenvalue weighted by atomic mass is 32.2. The minimum absolute atomic E-state index is 0.537. The molecular formula is C6H14N2O3S. The number of rotatable bonds is 3. The molecule has 0 heterocycles. The van der Waals surface area contributed by atoms with E-state index in [1.807, 2.05) is 0 Å². The average molecular weight is 194 g/mol. The molecule has 0 aliphatic heterocycles. The smallest absolute Gasteiger partial charge is 0.253 e. The standard InChI is InChI=1S/C6H14N2O3S/c1-4(2)6(8,5(7)9)12(3,10)11/h4H,8H2,1-3H3,(H2,7,9). The Morgan fingerprint density at radius 1 is 1.42 bits per heavy atom. The van der Waals surface area contributed by atoms with E-state index in [9.17, 15) is 13.2 Å². The number of primary amides is 1. The quantitative estimate of drug-likeness (QED) is 0.590. The van der Waals surface area contributed by atoms with Crippen molar-refractivity contribution in [2.75, 3.05) is 6.26 Å². The van der Waals surface area contributed by atoms with E-state index < -0.39 is 26.5 Å². The maximum Gasteiger partial charge on any atom is 0.253 e. The molecule has 1 unspecified atom stereocenters. The second-order valence-corrected chi connectivity index (χ2v) is 5.30. The minimum Gasteiger partial charge on any atom is -0.367 e. The first-order valence-electron chi connectivity index (χ1n) is 3.42. The fourth-order valence-electron chi connectivity index (χ4n) is 0.895. The van der Waals surface area contributed by atoms with Gasteiger partial charge in [-0.1, -0.05) is 13.8 Å². The molecule has 0 aliphatic rings. The third kappa shape index (κ3) is 1.59. The van der Waals surface area contributed by atoms with Crippen LogP contribution < -0.4 is 11.5 Å². The summed E-state index contributed by atoms with van der Waals surface area (Å²) >= 11 is 0. The topological polar surface area (TPSA) is 103 Å². The van der Waals surface area contributed by atoms with Crippen LogP contribution in [0.5, 0.6) is 0 Å². The van der Waals surface area contributed by atoms with E-state index in [4.69, 9.17) is 11.5 Å². The van der Waals surface area contributed by atoms with Gasteiger partial charge in [0.05, 0.1) is 0 Å². The molecule has 12 heavy (non-hydrogen) atoms. The molecule has 5 nitrogen and oxygen atoms in total. The monoisotopic (exact) mass is 194 g/mol. The lowest BCUT2D eigenvalue weighted by atomic mass is 10.0. The molecular weight excluding hydrogens is 180 g/mol. The molecule has 0 bridgehead atoms. The van der Waals surface area contributed by atoms with Crippen molar-refractivity contribution in [2.45, 2.75) is 18.7 Å². The molecule has 0 aromatic carbocycles.